The molecule has 0 atom stereocenters. The van der Waals surface area contributed by atoms with Gasteiger partial charge in [-0.25, -0.2) is 0 Å². The quantitative estimate of drug-likeness (QED) is 0.460. The van der Waals surface area contributed by atoms with Crippen molar-refractivity contribution in [1.29, 1.82) is 0 Å². The van der Waals surface area contributed by atoms with Gasteiger partial charge >= 0.3 is 0 Å². The summed E-state index contributed by atoms with van der Waals surface area (Å²) in [5.74, 6) is 0.109. The molecule has 3 aromatic carbocycles. The molecule has 7 heteroatoms. The molecule has 2 aliphatic heterocycles. The van der Waals surface area contributed by atoms with Crippen LogP contribution in [0.5, 0.6) is 0 Å². The Morgan fingerprint density at radius 2 is 1.54 bits per heavy atom. The molecule has 1 N–H and O–H groups in total. The van der Waals surface area contributed by atoms with Gasteiger partial charge in [-0.1, -0.05) is 36.4 Å². The molecule has 0 radical (unpaired) electrons. The first-order valence-electron chi connectivity index (χ1n) is 12.2. The molecular weight excluding hydrogens is 442 g/mol. The summed E-state index contributed by atoms with van der Waals surface area (Å²) in [5.41, 5.74) is 4.52. The van der Waals surface area contributed by atoms with Crippen molar-refractivity contribution < 1.29 is 18.7 Å². The van der Waals surface area contributed by atoms with E-state index in [2.05, 4.69) is 39.4 Å². The third-order valence-electron chi connectivity index (χ3n) is 6.99. The largest absolute Gasteiger partial charge is 0.450 e. The maximum Gasteiger partial charge on any atom is 0.291 e. The van der Waals surface area contributed by atoms with Crippen LogP contribution in [0.3, 0.4) is 0 Å². The summed E-state index contributed by atoms with van der Waals surface area (Å²) in [4.78, 5) is 18.1. The molecule has 3 heterocycles. The molecule has 4 aromatic rings. The summed E-state index contributed by atoms with van der Waals surface area (Å²) in [6.45, 7) is 8.03. The highest BCUT2D eigenvalue weighted by atomic mass is 16.5. The second-order valence-corrected chi connectivity index (χ2v) is 9.07. The third-order valence-corrected chi connectivity index (χ3v) is 6.99. The third kappa shape index (κ3) is 4.11. The Labute approximate surface area is 204 Å². The van der Waals surface area contributed by atoms with Crippen LogP contribution in [0.4, 0.5) is 17.1 Å². The highest BCUT2D eigenvalue weighted by molar-refractivity contribution is 6.12. The Kier molecular flexibility index (Phi) is 5.80. The lowest BCUT2D eigenvalue weighted by atomic mass is 10.1. The lowest BCUT2D eigenvalue weighted by Gasteiger charge is -2.33. The number of nitrogens with one attached hydrogen (secondary N) is 1. The van der Waals surface area contributed by atoms with Crippen LogP contribution in [-0.4, -0.2) is 58.5 Å². The van der Waals surface area contributed by atoms with Crippen LogP contribution < -0.4 is 15.1 Å². The molecule has 2 fully saturated rings. The van der Waals surface area contributed by atoms with Gasteiger partial charge < -0.3 is 29.0 Å². The molecule has 2 saturated heterocycles. The van der Waals surface area contributed by atoms with Crippen molar-refractivity contribution in [2.45, 2.75) is 6.92 Å². The summed E-state index contributed by atoms with van der Waals surface area (Å²) in [5, 5.41) is 6.21. The van der Waals surface area contributed by atoms with Crippen molar-refractivity contribution in [2.24, 2.45) is 0 Å². The minimum Gasteiger partial charge on any atom is -0.450 e. The average molecular weight is 472 g/mol. The van der Waals surface area contributed by atoms with Gasteiger partial charge in [0.2, 0.25) is 0 Å². The van der Waals surface area contributed by atoms with E-state index in [-0.39, 0.29) is 5.91 Å². The number of anilines is 3. The van der Waals surface area contributed by atoms with Gasteiger partial charge in [0.25, 0.3) is 5.91 Å². The minimum absolute atomic E-state index is 0.239. The summed E-state index contributed by atoms with van der Waals surface area (Å²) in [6, 6.07) is 18.4. The van der Waals surface area contributed by atoms with Gasteiger partial charge in [0.05, 0.1) is 37.8 Å². The fraction of sp³-hybridized carbons (Fsp3) is 0.321. The first-order valence-corrected chi connectivity index (χ1v) is 12.2. The normalized spacial score (nSPS) is 16.7. The monoisotopic (exact) mass is 471 g/mol. The van der Waals surface area contributed by atoms with Crippen LogP contribution in [0.15, 0.2) is 59.0 Å². The smallest absolute Gasteiger partial charge is 0.291 e. The van der Waals surface area contributed by atoms with Gasteiger partial charge in [-0.3, -0.25) is 4.79 Å². The number of aryl methyl sites for hydroxylation is 1. The Hall–Kier alpha value is -3.55. The van der Waals surface area contributed by atoms with E-state index < -0.39 is 0 Å². The standard InChI is InChI=1S/C28H29N3O4/c1-19-22-8-6-20-4-2-3-5-23(20)27(22)35-26(19)28(32)29-24-9-7-21(30-10-14-33-15-11-30)18-25(24)31-12-16-34-17-13-31/h2-9,18H,10-17H2,1H3,(H,29,32). The van der Waals surface area contributed by atoms with E-state index >= 15 is 0 Å². The van der Waals surface area contributed by atoms with Crippen LogP contribution in [0, 0.1) is 6.92 Å². The highest BCUT2D eigenvalue weighted by Gasteiger charge is 2.23. The first kappa shape index (κ1) is 21.9. The van der Waals surface area contributed by atoms with Gasteiger partial charge in [0.15, 0.2) is 5.76 Å². The number of nitrogens with zero attached hydrogens (tertiary/aromatic N) is 2. The number of amides is 1. The van der Waals surface area contributed by atoms with Crippen LogP contribution in [0.1, 0.15) is 16.1 Å². The van der Waals surface area contributed by atoms with Gasteiger partial charge in [0, 0.05) is 48.2 Å². The number of hydrogen-bond acceptors (Lipinski definition) is 6. The van der Waals surface area contributed by atoms with Crippen molar-refractivity contribution in [2.75, 3.05) is 67.7 Å². The Morgan fingerprint density at radius 1 is 0.829 bits per heavy atom. The Morgan fingerprint density at radius 3 is 2.31 bits per heavy atom. The fourth-order valence-corrected chi connectivity index (χ4v) is 5.05. The van der Waals surface area contributed by atoms with E-state index in [9.17, 15) is 4.79 Å². The van der Waals surface area contributed by atoms with E-state index in [1.807, 2.05) is 37.3 Å². The number of ether oxygens (including phenoxy) is 2. The predicted molar refractivity (Wildman–Crippen MR) is 139 cm³/mol. The Bertz CT molecular complexity index is 1380. The predicted octanol–water partition coefficient (Wildman–Crippen LogP) is 4.82. The number of furan rings is 1. The lowest BCUT2D eigenvalue weighted by molar-refractivity contribution is 0.0998. The average Bonchev–Trinajstić information content (AvgIpc) is 3.27. The molecule has 0 spiro atoms. The number of benzene rings is 3. The second-order valence-electron chi connectivity index (χ2n) is 9.07. The fourth-order valence-electron chi connectivity index (χ4n) is 5.05. The zero-order valence-corrected chi connectivity index (χ0v) is 19.9. The summed E-state index contributed by atoms with van der Waals surface area (Å²) >= 11 is 0. The lowest BCUT2D eigenvalue weighted by Crippen LogP contribution is -2.38. The number of carbonyl (C=O) groups excluding carboxylic acids is 1. The molecule has 35 heavy (non-hydrogen) atoms. The van der Waals surface area contributed by atoms with Crippen molar-refractivity contribution in [1.82, 2.24) is 0 Å². The number of rotatable bonds is 4. The molecule has 7 nitrogen and oxygen atoms in total. The SMILES string of the molecule is Cc1c(C(=O)Nc2ccc(N3CCOCC3)cc2N2CCOCC2)oc2c1ccc1ccccc12. The topological polar surface area (TPSA) is 67.2 Å². The molecular formula is C28H29N3O4. The van der Waals surface area contributed by atoms with Crippen LogP contribution in [0.25, 0.3) is 21.7 Å². The first-order chi connectivity index (χ1) is 17.2. The molecule has 1 amide bonds. The molecule has 2 aliphatic rings. The van der Waals surface area contributed by atoms with Crippen molar-refractivity contribution in [3.63, 3.8) is 0 Å². The van der Waals surface area contributed by atoms with Crippen LogP contribution in [-0.2, 0) is 9.47 Å². The van der Waals surface area contributed by atoms with Crippen LogP contribution >= 0.6 is 0 Å². The Balaban J connectivity index is 1.35. The molecule has 0 unspecified atom stereocenters. The zero-order valence-electron chi connectivity index (χ0n) is 19.9. The van der Waals surface area contributed by atoms with Gasteiger partial charge in [-0.2, -0.15) is 0 Å². The minimum atomic E-state index is -0.239. The molecule has 1 aromatic heterocycles. The van der Waals surface area contributed by atoms with E-state index in [0.29, 0.717) is 19.0 Å². The summed E-state index contributed by atoms with van der Waals surface area (Å²) in [7, 11) is 0. The van der Waals surface area contributed by atoms with Gasteiger partial charge in [-0.05, 0) is 30.5 Å². The zero-order chi connectivity index (χ0) is 23.8. The number of fused-ring (bicyclic) bond motifs is 3. The molecule has 0 aliphatic carbocycles. The van der Waals surface area contributed by atoms with Crippen molar-refractivity contribution in [3.05, 3.63) is 65.9 Å². The van der Waals surface area contributed by atoms with Crippen molar-refractivity contribution in [3.8, 4) is 0 Å². The van der Waals surface area contributed by atoms with E-state index in [4.69, 9.17) is 13.9 Å². The number of hydrogen-bond donors (Lipinski definition) is 1. The van der Waals surface area contributed by atoms with Crippen molar-refractivity contribution >= 4 is 44.7 Å². The molecule has 0 bridgehead atoms. The highest BCUT2D eigenvalue weighted by Crippen LogP contribution is 2.35. The maximum atomic E-state index is 13.5. The molecule has 0 saturated carbocycles. The summed E-state index contributed by atoms with van der Waals surface area (Å²) in [6.07, 6.45) is 0. The van der Waals surface area contributed by atoms with E-state index in [1.54, 1.807) is 0 Å². The molecule has 6 rings (SSSR count). The van der Waals surface area contributed by atoms with Gasteiger partial charge in [0.1, 0.15) is 5.58 Å². The summed E-state index contributed by atoms with van der Waals surface area (Å²) < 4.78 is 17.3. The maximum absolute atomic E-state index is 13.5. The van der Waals surface area contributed by atoms with E-state index in [0.717, 1.165) is 83.8 Å². The number of morpholine rings is 2. The van der Waals surface area contributed by atoms with Crippen LogP contribution in [0.2, 0.25) is 0 Å². The van der Waals surface area contributed by atoms with E-state index in [1.165, 1.54) is 0 Å². The second kappa shape index (κ2) is 9.24. The molecule has 180 valence electrons. The van der Waals surface area contributed by atoms with Gasteiger partial charge in [-0.15, -0.1) is 0 Å². The number of carbonyl (C=O) groups is 1.